The van der Waals surface area contributed by atoms with E-state index in [-0.39, 0.29) is 18.5 Å². The molecule has 6 heteroatoms. The Morgan fingerprint density at radius 3 is 0.963 bits per heavy atom. The highest BCUT2D eigenvalue weighted by Gasteiger charge is 2.18. The van der Waals surface area contributed by atoms with Gasteiger partial charge in [-0.1, -0.05) is 345 Å². The largest absolute Gasteiger partial charge is 0.466 e. The van der Waals surface area contributed by atoms with E-state index in [2.05, 4.69) is 55.6 Å². The first kappa shape index (κ1) is 79.8. The van der Waals surface area contributed by atoms with E-state index in [1.54, 1.807) is 6.08 Å². The number of ether oxygens (including phenoxy) is 1. The van der Waals surface area contributed by atoms with Crippen molar-refractivity contribution in [3.8, 4) is 0 Å². The maximum absolute atomic E-state index is 12.5. The Labute approximate surface area is 512 Å². The first-order chi connectivity index (χ1) is 40.5. The zero-order valence-corrected chi connectivity index (χ0v) is 55.2. The van der Waals surface area contributed by atoms with Crippen molar-refractivity contribution < 1.29 is 24.5 Å². The van der Waals surface area contributed by atoms with Crippen molar-refractivity contribution in [2.75, 3.05) is 13.2 Å². The fourth-order valence-corrected chi connectivity index (χ4v) is 11.4. The minimum Gasteiger partial charge on any atom is -0.466 e. The third-order valence-electron chi connectivity index (χ3n) is 17.1. The average Bonchev–Trinajstić information content (AvgIpc) is 3.48. The molecule has 0 aromatic carbocycles. The molecule has 0 saturated heterocycles. The number of carbonyl (C=O) groups excluding carboxylic acids is 2. The molecule has 2 atom stereocenters. The van der Waals surface area contributed by atoms with Gasteiger partial charge in [-0.3, -0.25) is 9.59 Å². The molecule has 0 bridgehead atoms. The molecule has 0 aliphatic rings. The number of amides is 1. The maximum Gasteiger partial charge on any atom is 0.305 e. The highest BCUT2D eigenvalue weighted by molar-refractivity contribution is 5.76. The van der Waals surface area contributed by atoms with Crippen LogP contribution in [0.25, 0.3) is 0 Å². The lowest BCUT2D eigenvalue weighted by Gasteiger charge is -2.20. The van der Waals surface area contributed by atoms with Crippen LogP contribution in [-0.4, -0.2) is 47.4 Å². The number of aliphatic hydroxyl groups excluding tert-OH is 2. The van der Waals surface area contributed by atoms with Crippen molar-refractivity contribution in [1.29, 1.82) is 0 Å². The van der Waals surface area contributed by atoms with Gasteiger partial charge in [0.1, 0.15) is 0 Å². The van der Waals surface area contributed by atoms with Gasteiger partial charge in [0.15, 0.2) is 0 Å². The Hall–Kier alpha value is -2.18. The highest BCUT2D eigenvalue weighted by atomic mass is 16.5. The van der Waals surface area contributed by atoms with Gasteiger partial charge in [0.25, 0.3) is 0 Å². The van der Waals surface area contributed by atoms with E-state index in [1.165, 1.54) is 321 Å². The monoisotopic (exact) mass is 1150 g/mol. The zero-order chi connectivity index (χ0) is 59.2. The molecule has 0 aromatic heterocycles. The van der Waals surface area contributed by atoms with E-state index in [0.717, 1.165) is 51.4 Å². The van der Waals surface area contributed by atoms with Crippen LogP contribution in [0, 0.1) is 0 Å². The zero-order valence-electron chi connectivity index (χ0n) is 55.2. The number of hydrogen-bond acceptors (Lipinski definition) is 5. The van der Waals surface area contributed by atoms with Crippen LogP contribution in [0.15, 0.2) is 48.6 Å². The second-order valence-electron chi connectivity index (χ2n) is 25.3. The molecule has 0 aliphatic carbocycles. The third kappa shape index (κ3) is 67.0. The van der Waals surface area contributed by atoms with Gasteiger partial charge in [-0.25, -0.2) is 0 Å². The van der Waals surface area contributed by atoms with Crippen molar-refractivity contribution in [2.24, 2.45) is 0 Å². The molecule has 0 saturated carbocycles. The molecule has 0 fully saturated rings. The average molecular weight is 1150 g/mol. The second kappa shape index (κ2) is 71.3. The number of nitrogens with one attached hydrogen (secondary N) is 1. The van der Waals surface area contributed by atoms with Gasteiger partial charge in [-0.15, -0.1) is 0 Å². The van der Waals surface area contributed by atoms with Crippen molar-refractivity contribution in [2.45, 2.75) is 411 Å². The first-order valence-electron chi connectivity index (χ1n) is 36.9. The van der Waals surface area contributed by atoms with E-state index >= 15 is 0 Å². The van der Waals surface area contributed by atoms with E-state index < -0.39 is 12.1 Å². The Balaban J connectivity index is 3.34. The Bertz CT molecular complexity index is 1370. The summed E-state index contributed by atoms with van der Waals surface area (Å²) in [6.07, 6.45) is 93.6. The maximum atomic E-state index is 12.5. The van der Waals surface area contributed by atoms with E-state index in [0.29, 0.717) is 19.4 Å². The van der Waals surface area contributed by atoms with Crippen molar-refractivity contribution in [3.63, 3.8) is 0 Å². The van der Waals surface area contributed by atoms with Gasteiger partial charge in [-0.2, -0.15) is 0 Å². The first-order valence-corrected chi connectivity index (χ1v) is 36.9. The molecule has 482 valence electrons. The summed E-state index contributed by atoms with van der Waals surface area (Å²) in [6, 6.07) is -0.625. The summed E-state index contributed by atoms with van der Waals surface area (Å²) >= 11 is 0. The van der Waals surface area contributed by atoms with E-state index in [4.69, 9.17) is 4.74 Å². The number of esters is 1. The van der Waals surface area contributed by atoms with Gasteiger partial charge in [0, 0.05) is 12.8 Å². The van der Waals surface area contributed by atoms with Crippen LogP contribution in [0.1, 0.15) is 399 Å². The molecular formula is C76H143NO5. The van der Waals surface area contributed by atoms with Crippen LogP contribution in [0.3, 0.4) is 0 Å². The van der Waals surface area contributed by atoms with Gasteiger partial charge in [-0.05, 0) is 89.9 Å². The number of allylic oxidation sites excluding steroid dienone is 7. The minimum absolute atomic E-state index is 0.0123. The Kier molecular flexibility index (Phi) is 69.4. The van der Waals surface area contributed by atoms with Crippen LogP contribution in [0.2, 0.25) is 0 Å². The molecule has 0 radical (unpaired) electrons. The number of carbonyl (C=O) groups is 2. The number of rotatable bonds is 69. The fraction of sp³-hybridized carbons (Fsp3) is 0.868. The molecule has 82 heavy (non-hydrogen) atoms. The van der Waals surface area contributed by atoms with Gasteiger partial charge < -0.3 is 20.3 Å². The lowest BCUT2D eigenvalue weighted by Crippen LogP contribution is -2.45. The molecule has 0 aromatic rings. The van der Waals surface area contributed by atoms with Crippen LogP contribution >= 0.6 is 0 Å². The van der Waals surface area contributed by atoms with Crippen molar-refractivity contribution >= 4 is 11.9 Å². The summed E-state index contributed by atoms with van der Waals surface area (Å²) in [5.74, 6) is -0.0509. The molecule has 1 amide bonds. The smallest absolute Gasteiger partial charge is 0.305 e. The fourth-order valence-electron chi connectivity index (χ4n) is 11.4. The van der Waals surface area contributed by atoms with Crippen LogP contribution < -0.4 is 5.32 Å². The standard InChI is InChI=1S/C76H143NO5/c1-3-5-7-9-11-13-15-17-18-38-42-46-50-54-58-62-66-70-76(81)82-71-67-63-59-55-51-47-43-40-37-35-33-31-29-27-25-23-21-19-20-22-24-26-28-30-32-34-36-39-41-45-49-53-57-61-65-69-75(80)77-73(72-78)74(79)68-64-60-56-52-48-44-16-14-12-10-8-6-4-2/h11,13,17-18,21,23,64,68,73-74,78-79H,3-10,12,14-16,19-20,22,24-63,65-67,69-72H2,1-2H3,(H,77,80)/b13-11-,18-17-,23-21-,68-64+. The molecule has 0 aliphatic heterocycles. The SMILES string of the molecule is CCCCC/C=C\C/C=C\CCCCCCCCCC(=O)OCCCCCCCCCCCCCCCC/C=C\CCCCCCCCCCCCCCCCCCCC(=O)NC(CO)C(O)/C=C/CCCCCCCCCCCCC. The summed E-state index contributed by atoms with van der Waals surface area (Å²) in [6.45, 7) is 4.90. The summed E-state index contributed by atoms with van der Waals surface area (Å²) in [7, 11) is 0. The molecular weight excluding hydrogens is 1010 g/mol. The van der Waals surface area contributed by atoms with E-state index in [9.17, 15) is 19.8 Å². The summed E-state index contributed by atoms with van der Waals surface area (Å²) in [5, 5.41) is 23.1. The topological polar surface area (TPSA) is 95.9 Å². The predicted octanol–water partition coefficient (Wildman–Crippen LogP) is 24.0. The number of aliphatic hydroxyl groups is 2. The number of unbranched alkanes of at least 4 members (excludes halogenated alkanes) is 52. The molecule has 6 nitrogen and oxygen atoms in total. The molecule has 0 spiro atoms. The van der Waals surface area contributed by atoms with Gasteiger partial charge >= 0.3 is 5.97 Å². The quantitative estimate of drug-likeness (QED) is 0.0320. The van der Waals surface area contributed by atoms with Crippen LogP contribution in [0.5, 0.6) is 0 Å². The third-order valence-corrected chi connectivity index (χ3v) is 17.1. The van der Waals surface area contributed by atoms with Crippen LogP contribution in [0.4, 0.5) is 0 Å². The molecule has 0 heterocycles. The minimum atomic E-state index is -0.841. The molecule has 3 N–H and O–H groups in total. The van der Waals surface area contributed by atoms with E-state index in [1.807, 2.05) is 6.08 Å². The molecule has 0 rings (SSSR count). The number of hydrogen-bond donors (Lipinski definition) is 3. The lowest BCUT2D eigenvalue weighted by atomic mass is 10.0. The summed E-state index contributed by atoms with van der Waals surface area (Å²) in [5.41, 5.74) is 0. The van der Waals surface area contributed by atoms with Crippen molar-refractivity contribution in [3.05, 3.63) is 48.6 Å². The van der Waals surface area contributed by atoms with Crippen LogP contribution in [-0.2, 0) is 14.3 Å². The Morgan fingerprint density at radius 1 is 0.341 bits per heavy atom. The van der Waals surface area contributed by atoms with Gasteiger partial charge in [0.05, 0.1) is 25.4 Å². The van der Waals surface area contributed by atoms with Gasteiger partial charge in [0.2, 0.25) is 5.91 Å². The lowest BCUT2D eigenvalue weighted by molar-refractivity contribution is -0.143. The summed E-state index contributed by atoms with van der Waals surface area (Å²) < 4.78 is 5.50. The molecule has 2 unspecified atom stereocenters. The highest BCUT2D eigenvalue weighted by Crippen LogP contribution is 2.18. The Morgan fingerprint density at radius 2 is 0.610 bits per heavy atom. The van der Waals surface area contributed by atoms with Crippen molar-refractivity contribution in [1.82, 2.24) is 5.32 Å². The summed E-state index contributed by atoms with van der Waals surface area (Å²) in [4.78, 5) is 24.6. The second-order valence-corrected chi connectivity index (χ2v) is 25.3. The normalized spacial score (nSPS) is 12.8. The predicted molar refractivity (Wildman–Crippen MR) is 361 cm³/mol.